The maximum Gasteiger partial charge on any atom is 0.265 e. The summed E-state index contributed by atoms with van der Waals surface area (Å²) in [6, 6.07) is 12.6. The van der Waals surface area contributed by atoms with E-state index in [2.05, 4.69) is 5.32 Å². The van der Waals surface area contributed by atoms with Crippen LogP contribution in [0.3, 0.4) is 0 Å². The Kier molecular flexibility index (Phi) is 7.48. The van der Waals surface area contributed by atoms with Crippen LogP contribution in [-0.2, 0) is 9.59 Å². The number of carbonyl (C=O) groups excluding carboxylic acids is 3. The molecular formula is C24H29N3O5. The molecule has 0 saturated heterocycles. The molecule has 0 aromatic heterocycles. The molecule has 0 spiro atoms. The van der Waals surface area contributed by atoms with E-state index in [-0.39, 0.29) is 36.8 Å². The van der Waals surface area contributed by atoms with Crippen LogP contribution in [-0.4, -0.2) is 63.4 Å². The number of anilines is 1. The van der Waals surface area contributed by atoms with Gasteiger partial charge < -0.3 is 19.7 Å². The number of amides is 2. The largest absolute Gasteiger partial charge is 0.497 e. The van der Waals surface area contributed by atoms with E-state index in [1.807, 2.05) is 43.3 Å². The smallest absolute Gasteiger partial charge is 0.265 e. The molecule has 170 valence electrons. The van der Waals surface area contributed by atoms with Crippen molar-refractivity contribution in [2.75, 3.05) is 45.8 Å². The number of ether oxygens (including phenoxy) is 2. The van der Waals surface area contributed by atoms with Gasteiger partial charge >= 0.3 is 0 Å². The van der Waals surface area contributed by atoms with E-state index in [0.717, 1.165) is 11.3 Å². The number of ketones is 1. The van der Waals surface area contributed by atoms with Crippen molar-refractivity contribution in [2.45, 2.75) is 19.4 Å². The molecule has 2 aromatic carbocycles. The third kappa shape index (κ3) is 5.26. The molecule has 1 aliphatic rings. The standard InChI is InChI=1S/C24H29N3O5/c1-5-21(28)17-8-11-22-19(12-17)27(24(30)15-32-22)14-23(29)25-13-20(26(2)3)16-6-9-18(31-4)10-7-16/h6-12,20H,5,13-15H2,1-4H3,(H,25,29). The van der Waals surface area contributed by atoms with Gasteiger partial charge in [-0.1, -0.05) is 19.1 Å². The fraction of sp³-hybridized carbons (Fsp3) is 0.375. The van der Waals surface area contributed by atoms with Gasteiger partial charge in [0.2, 0.25) is 5.91 Å². The molecule has 1 aliphatic heterocycles. The molecule has 0 saturated carbocycles. The van der Waals surface area contributed by atoms with Crippen molar-refractivity contribution in [3.63, 3.8) is 0 Å². The number of nitrogens with zero attached hydrogens (tertiary/aromatic N) is 2. The number of hydrogen-bond acceptors (Lipinski definition) is 6. The van der Waals surface area contributed by atoms with Gasteiger partial charge in [0, 0.05) is 18.5 Å². The normalized spacial score (nSPS) is 13.9. The molecule has 3 rings (SSSR count). The molecule has 8 heteroatoms. The Balaban J connectivity index is 1.71. The van der Waals surface area contributed by atoms with Gasteiger partial charge in [0.15, 0.2) is 12.4 Å². The number of hydrogen-bond donors (Lipinski definition) is 1. The molecule has 0 fully saturated rings. The highest BCUT2D eigenvalue weighted by atomic mass is 16.5. The summed E-state index contributed by atoms with van der Waals surface area (Å²) in [7, 11) is 5.50. The molecular weight excluding hydrogens is 410 g/mol. The Labute approximate surface area is 188 Å². The Hall–Kier alpha value is -3.39. The van der Waals surface area contributed by atoms with E-state index in [9.17, 15) is 14.4 Å². The number of nitrogens with one attached hydrogen (secondary N) is 1. The summed E-state index contributed by atoms with van der Waals surface area (Å²) in [5, 5.41) is 2.92. The van der Waals surface area contributed by atoms with Crippen LogP contribution in [0.2, 0.25) is 0 Å². The number of methoxy groups -OCH3 is 1. The lowest BCUT2D eigenvalue weighted by molar-refractivity contribution is -0.125. The summed E-state index contributed by atoms with van der Waals surface area (Å²) >= 11 is 0. The maximum absolute atomic E-state index is 12.7. The minimum atomic E-state index is -0.326. The monoisotopic (exact) mass is 439 g/mol. The topological polar surface area (TPSA) is 88.2 Å². The second-order valence-corrected chi connectivity index (χ2v) is 7.78. The highest BCUT2D eigenvalue weighted by Gasteiger charge is 2.28. The predicted octanol–water partition coefficient (Wildman–Crippen LogP) is 2.43. The van der Waals surface area contributed by atoms with Gasteiger partial charge in [0.05, 0.1) is 18.8 Å². The zero-order chi connectivity index (χ0) is 23.3. The van der Waals surface area contributed by atoms with Crippen molar-refractivity contribution in [3.05, 3.63) is 53.6 Å². The predicted molar refractivity (Wildman–Crippen MR) is 121 cm³/mol. The van der Waals surface area contributed by atoms with Gasteiger partial charge in [-0.2, -0.15) is 0 Å². The van der Waals surface area contributed by atoms with Crippen LogP contribution >= 0.6 is 0 Å². The first kappa shape index (κ1) is 23.3. The number of Topliss-reactive ketones (excluding diaryl/α,β-unsaturated/α-hetero) is 1. The zero-order valence-corrected chi connectivity index (χ0v) is 18.9. The molecule has 8 nitrogen and oxygen atoms in total. The number of likely N-dealkylation sites (N-methyl/N-ethyl adjacent to an activating group) is 1. The first-order chi connectivity index (χ1) is 15.3. The van der Waals surface area contributed by atoms with Gasteiger partial charge in [0.1, 0.15) is 18.0 Å². The lowest BCUT2D eigenvalue weighted by atomic mass is 10.1. The van der Waals surface area contributed by atoms with Crippen LogP contribution in [0.4, 0.5) is 5.69 Å². The first-order valence-corrected chi connectivity index (χ1v) is 10.5. The number of fused-ring (bicyclic) bond motifs is 1. The third-order valence-electron chi connectivity index (χ3n) is 5.46. The van der Waals surface area contributed by atoms with Gasteiger partial charge in [-0.15, -0.1) is 0 Å². The molecule has 0 radical (unpaired) electrons. The van der Waals surface area contributed by atoms with Gasteiger partial charge in [-0.05, 0) is 50.0 Å². The summed E-state index contributed by atoms with van der Waals surface area (Å²) in [6.45, 7) is 1.85. The van der Waals surface area contributed by atoms with E-state index in [1.165, 1.54) is 4.90 Å². The molecule has 0 aliphatic carbocycles. The zero-order valence-electron chi connectivity index (χ0n) is 18.9. The molecule has 2 aromatic rings. The van der Waals surface area contributed by atoms with Crippen molar-refractivity contribution in [2.24, 2.45) is 0 Å². The molecule has 1 atom stereocenters. The SMILES string of the molecule is CCC(=O)c1ccc2c(c1)N(CC(=O)NCC(c1ccc(OC)cc1)N(C)C)C(=O)CO2. The second-order valence-electron chi connectivity index (χ2n) is 7.78. The molecule has 1 N–H and O–H groups in total. The van der Waals surface area contributed by atoms with E-state index in [0.29, 0.717) is 30.0 Å². The van der Waals surface area contributed by atoms with Crippen molar-refractivity contribution in [3.8, 4) is 11.5 Å². The van der Waals surface area contributed by atoms with Crippen molar-refractivity contribution in [1.82, 2.24) is 10.2 Å². The number of benzene rings is 2. The Morgan fingerprint density at radius 1 is 1.19 bits per heavy atom. The van der Waals surface area contributed by atoms with Gasteiger partial charge in [-0.3, -0.25) is 19.3 Å². The summed E-state index contributed by atoms with van der Waals surface area (Å²) < 4.78 is 10.7. The summed E-state index contributed by atoms with van der Waals surface area (Å²) in [4.78, 5) is 40.7. The minimum Gasteiger partial charge on any atom is -0.497 e. The Bertz CT molecular complexity index is 988. The van der Waals surface area contributed by atoms with Crippen LogP contribution in [0, 0.1) is 0 Å². The third-order valence-corrected chi connectivity index (χ3v) is 5.46. The Morgan fingerprint density at radius 3 is 2.53 bits per heavy atom. The lowest BCUT2D eigenvalue weighted by Crippen LogP contribution is -2.46. The quantitative estimate of drug-likeness (QED) is 0.604. The maximum atomic E-state index is 12.7. The van der Waals surface area contributed by atoms with Crippen LogP contribution in [0.15, 0.2) is 42.5 Å². The lowest BCUT2D eigenvalue weighted by Gasteiger charge is -2.30. The van der Waals surface area contributed by atoms with Crippen molar-refractivity contribution < 1.29 is 23.9 Å². The Morgan fingerprint density at radius 2 is 1.91 bits per heavy atom. The van der Waals surface area contributed by atoms with Crippen LogP contribution < -0.4 is 19.7 Å². The summed E-state index contributed by atoms with van der Waals surface area (Å²) in [5.41, 5.74) is 1.96. The fourth-order valence-electron chi connectivity index (χ4n) is 3.59. The highest BCUT2D eigenvalue weighted by molar-refractivity contribution is 6.04. The van der Waals surface area contributed by atoms with E-state index < -0.39 is 0 Å². The number of carbonyl (C=O) groups is 3. The van der Waals surface area contributed by atoms with Crippen molar-refractivity contribution >= 4 is 23.3 Å². The molecule has 32 heavy (non-hydrogen) atoms. The summed E-state index contributed by atoms with van der Waals surface area (Å²) in [5.74, 6) is 0.588. The van der Waals surface area contributed by atoms with Crippen LogP contribution in [0.1, 0.15) is 35.3 Å². The molecule has 1 unspecified atom stereocenters. The molecule has 1 heterocycles. The van der Waals surface area contributed by atoms with E-state index in [1.54, 1.807) is 32.2 Å². The average molecular weight is 440 g/mol. The first-order valence-electron chi connectivity index (χ1n) is 10.5. The summed E-state index contributed by atoms with van der Waals surface area (Å²) in [6.07, 6.45) is 0.353. The molecule has 2 amide bonds. The number of rotatable bonds is 9. The molecule has 0 bridgehead atoms. The second kappa shape index (κ2) is 10.3. The van der Waals surface area contributed by atoms with Crippen molar-refractivity contribution in [1.29, 1.82) is 0 Å². The van der Waals surface area contributed by atoms with Gasteiger partial charge in [-0.25, -0.2) is 0 Å². The van der Waals surface area contributed by atoms with Crippen LogP contribution in [0.25, 0.3) is 0 Å². The van der Waals surface area contributed by atoms with Crippen LogP contribution in [0.5, 0.6) is 11.5 Å². The minimum absolute atomic E-state index is 0.0384. The highest BCUT2D eigenvalue weighted by Crippen LogP contribution is 2.33. The van der Waals surface area contributed by atoms with Gasteiger partial charge in [0.25, 0.3) is 5.91 Å². The van der Waals surface area contributed by atoms with E-state index in [4.69, 9.17) is 9.47 Å². The average Bonchev–Trinajstić information content (AvgIpc) is 2.80. The fourth-order valence-corrected chi connectivity index (χ4v) is 3.59. The van der Waals surface area contributed by atoms with E-state index >= 15 is 0 Å².